The number of carbonyl (C=O) groups excluding carboxylic acids is 1. The van der Waals surface area contributed by atoms with Crippen molar-refractivity contribution in [3.63, 3.8) is 0 Å². The van der Waals surface area contributed by atoms with Crippen LogP contribution >= 0.6 is 11.6 Å². The Bertz CT molecular complexity index is 761. The number of halogens is 1. The van der Waals surface area contributed by atoms with Gasteiger partial charge >= 0.3 is 0 Å². The van der Waals surface area contributed by atoms with E-state index in [1.807, 2.05) is 6.07 Å². The van der Waals surface area contributed by atoms with Gasteiger partial charge in [0.25, 0.3) is 5.91 Å². The fraction of sp³-hybridized carbons (Fsp3) is 0.0714. The summed E-state index contributed by atoms with van der Waals surface area (Å²) in [4.78, 5) is 12.0. The Kier molecular flexibility index (Phi) is 4.50. The summed E-state index contributed by atoms with van der Waals surface area (Å²) in [6.45, 7) is 0. The molecule has 0 radical (unpaired) electrons. The Morgan fingerprint density at radius 1 is 1.10 bits per heavy atom. The minimum absolute atomic E-state index is 0.200. The van der Waals surface area contributed by atoms with Gasteiger partial charge in [0.1, 0.15) is 0 Å². The maximum absolute atomic E-state index is 12.0. The summed E-state index contributed by atoms with van der Waals surface area (Å²) in [5.41, 5.74) is 1.26. The molecule has 0 aromatic heterocycles. The van der Waals surface area contributed by atoms with Crippen LogP contribution in [0.4, 0.5) is 11.4 Å². The molecular weight excluding hydrogens is 312 g/mol. The molecule has 0 unspecified atom stereocenters. The first-order valence-corrected chi connectivity index (χ1v) is 8.26. The molecule has 2 N–H and O–H groups in total. The number of sulfonamides is 1. The fourth-order valence-electron chi connectivity index (χ4n) is 1.67. The molecule has 21 heavy (non-hydrogen) atoms. The van der Waals surface area contributed by atoms with Crippen LogP contribution in [0, 0.1) is 0 Å². The Labute approximate surface area is 128 Å². The number of anilines is 2. The van der Waals surface area contributed by atoms with Crippen LogP contribution in [0.5, 0.6) is 0 Å². The first-order chi connectivity index (χ1) is 9.85. The van der Waals surface area contributed by atoms with Gasteiger partial charge in [-0.2, -0.15) is 0 Å². The smallest absolute Gasteiger partial charge is 0.255 e. The zero-order valence-corrected chi connectivity index (χ0v) is 12.7. The SMILES string of the molecule is CS(=O)(=O)Nc1ccc(NC(=O)c2ccccc2)cc1Cl. The highest BCUT2D eigenvalue weighted by Crippen LogP contribution is 2.26. The standard InChI is InChI=1S/C14H13ClN2O3S/c1-21(19,20)17-13-8-7-11(9-12(13)15)16-14(18)10-5-3-2-4-6-10/h2-9,17H,1H3,(H,16,18). The molecule has 0 fully saturated rings. The Balaban J connectivity index is 2.16. The van der Waals surface area contributed by atoms with E-state index in [1.54, 1.807) is 30.3 Å². The third-order valence-corrected chi connectivity index (χ3v) is 3.46. The lowest BCUT2D eigenvalue weighted by atomic mass is 10.2. The number of hydrogen-bond donors (Lipinski definition) is 2. The van der Waals surface area contributed by atoms with Crippen molar-refractivity contribution >= 4 is 38.9 Å². The molecule has 110 valence electrons. The second-order valence-corrected chi connectivity index (χ2v) is 6.54. The topological polar surface area (TPSA) is 75.3 Å². The Hall–Kier alpha value is -2.05. The number of benzene rings is 2. The summed E-state index contributed by atoms with van der Waals surface area (Å²) in [6.07, 6.45) is 1.04. The van der Waals surface area contributed by atoms with Crippen molar-refractivity contribution in [2.45, 2.75) is 0 Å². The number of rotatable bonds is 4. The van der Waals surface area contributed by atoms with Crippen molar-refractivity contribution in [1.82, 2.24) is 0 Å². The van der Waals surface area contributed by atoms with Crippen LogP contribution < -0.4 is 10.0 Å². The van der Waals surface area contributed by atoms with Crippen molar-refractivity contribution < 1.29 is 13.2 Å². The zero-order chi connectivity index (χ0) is 15.5. The summed E-state index contributed by atoms with van der Waals surface area (Å²) in [7, 11) is -3.40. The van der Waals surface area contributed by atoms with Gasteiger partial charge in [-0.3, -0.25) is 9.52 Å². The monoisotopic (exact) mass is 324 g/mol. The van der Waals surface area contributed by atoms with Crippen molar-refractivity contribution in [2.24, 2.45) is 0 Å². The van der Waals surface area contributed by atoms with E-state index < -0.39 is 10.0 Å². The first-order valence-electron chi connectivity index (χ1n) is 5.99. The summed E-state index contributed by atoms with van der Waals surface area (Å²) in [5, 5.41) is 2.89. The molecule has 0 aliphatic carbocycles. The molecule has 5 nitrogen and oxygen atoms in total. The number of carbonyl (C=O) groups is 1. The van der Waals surface area contributed by atoms with Crippen LogP contribution in [-0.2, 0) is 10.0 Å². The highest BCUT2D eigenvalue weighted by atomic mass is 35.5. The maximum Gasteiger partial charge on any atom is 0.255 e. The maximum atomic E-state index is 12.0. The number of hydrogen-bond acceptors (Lipinski definition) is 3. The van der Waals surface area contributed by atoms with E-state index in [1.165, 1.54) is 12.1 Å². The highest BCUT2D eigenvalue weighted by Gasteiger charge is 2.09. The zero-order valence-electron chi connectivity index (χ0n) is 11.1. The van der Waals surface area contributed by atoms with E-state index in [0.29, 0.717) is 11.3 Å². The molecule has 0 aliphatic heterocycles. The lowest BCUT2D eigenvalue weighted by Gasteiger charge is -2.09. The van der Waals surface area contributed by atoms with Gasteiger partial charge in [-0.05, 0) is 30.3 Å². The minimum Gasteiger partial charge on any atom is -0.322 e. The normalized spacial score (nSPS) is 11.0. The molecule has 0 bridgehead atoms. The van der Waals surface area contributed by atoms with Crippen molar-refractivity contribution in [2.75, 3.05) is 16.3 Å². The minimum atomic E-state index is -3.40. The summed E-state index contributed by atoms with van der Waals surface area (Å²) >= 11 is 5.99. The van der Waals surface area contributed by atoms with E-state index in [2.05, 4.69) is 10.0 Å². The molecule has 2 aromatic carbocycles. The largest absolute Gasteiger partial charge is 0.322 e. The van der Waals surface area contributed by atoms with E-state index in [-0.39, 0.29) is 16.6 Å². The summed E-state index contributed by atoms with van der Waals surface area (Å²) in [6, 6.07) is 13.3. The summed E-state index contributed by atoms with van der Waals surface area (Å²) in [5.74, 6) is -0.268. The second kappa shape index (κ2) is 6.15. The van der Waals surface area contributed by atoms with E-state index in [9.17, 15) is 13.2 Å². The molecule has 0 aliphatic rings. The molecule has 1 amide bonds. The van der Waals surface area contributed by atoms with E-state index in [0.717, 1.165) is 6.26 Å². The average molecular weight is 325 g/mol. The third-order valence-electron chi connectivity index (χ3n) is 2.56. The fourth-order valence-corrected chi connectivity index (χ4v) is 2.53. The predicted molar refractivity (Wildman–Crippen MR) is 84.3 cm³/mol. The van der Waals surface area contributed by atoms with Gasteiger partial charge in [0.15, 0.2) is 0 Å². The van der Waals surface area contributed by atoms with Gasteiger partial charge < -0.3 is 5.32 Å². The molecule has 0 saturated heterocycles. The summed E-state index contributed by atoms with van der Waals surface area (Å²) < 4.78 is 24.6. The number of amides is 1. The molecule has 2 aromatic rings. The highest BCUT2D eigenvalue weighted by molar-refractivity contribution is 7.92. The van der Waals surface area contributed by atoms with Crippen molar-refractivity contribution in [3.05, 3.63) is 59.1 Å². The van der Waals surface area contributed by atoms with Crippen LogP contribution in [0.25, 0.3) is 0 Å². The first kappa shape index (κ1) is 15.3. The van der Waals surface area contributed by atoms with Crippen LogP contribution in [-0.4, -0.2) is 20.6 Å². The molecular formula is C14H13ClN2O3S. The van der Waals surface area contributed by atoms with Gasteiger partial charge in [-0.1, -0.05) is 29.8 Å². The average Bonchev–Trinajstić information content (AvgIpc) is 2.41. The molecule has 7 heteroatoms. The third kappa shape index (κ3) is 4.47. The number of nitrogens with one attached hydrogen (secondary N) is 2. The Morgan fingerprint density at radius 2 is 1.76 bits per heavy atom. The van der Waals surface area contributed by atoms with Gasteiger partial charge in [-0.15, -0.1) is 0 Å². The van der Waals surface area contributed by atoms with Gasteiger partial charge in [0.2, 0.25) is 10.0 Å². The lowest BCUT2D eigenvalue weighted by Crippen LogP contribution is -2.12. The van der Waals surface area contributed by atoms with Crippen molar-refractivity contribution in [1.29, 1.82) is 0 Å². The van der Waals surface area contributed by atoms with Crippen molar-refractivity contribution in [3.8, 4) is 0 Å². The Morgan fingerprint density at radius 3 is 2.33 bits per heavy atom. The van der Waals surface area contributed by atoms with Gasteiger partial charge in [0.05, 0.1) is 17.0 Å². The molecule has 0 saturated carbocycles. The molecule has 0 heterocycles. The predicted octanol–water partition coefficient (Wildman–Crippen LogP) is 2.96. The van der Waals surface area contributed by atoms with Crippen LogP contribution in [0.2, 0.25) is 5.02 Å². The van der Waals surface area contributed by atoms with Crippen LogP contribution in [0.15, 0.2) is 48.5 Å². The van der Waals surface area contributed by atoms with Gasteiger partial charge in [-0.25, -0.2) is 8.42 Å². The van der Waals surface area contributed by atoms with Crippen LogP contribution in [0.1, 0.15) is 10.4 Å². The van der Waals surface area contributed by atoms with E-state index >= 15 is 0 Å². The molecule has 2 rings (SSSR count). The lowest BCUT2D eigenvalue weighted by molar-refractivity contribution is 0.102. The van der Waals surface area contributed by atoms with E-state index in [4.69, 9.17) is 11.6 Å². The second-order valence-electron chi connectivity index (χ2n) is 4.39. The molecule has 0 atom stereocenters. The quantitative estimate of drug-likeness (QED) is 0.908. The molecule has 0 spiro atoms. The van der Waals surface area contributed by atoms with Gasteiger partial charge in [0, 0.05) is 11.3 Å². The van der Waals surface area contributed by atoms with Crippen LogP contribution in [0.3, 0.4) is 0 Å².